The highest BCUT2D eigenvalue weighted by Gasteiger charge is 2.21. The van der Waals surface area contributed by atoms with Crippen LogP contribution in [-0.4, -0.2) is 35.8 Å². The van der Waals surface area contributed by atoms with E-state index < -0.39 is 11.6 Å². The standard InChI is InChI=1S/C16H26N2O3/c1-4-12-6-5-7-14(8-12)21-11-13(19)10-18-16(2,3)9-15(17)20/h5-8,13,18-19H,4,9-11H2,1-3H3,(H2,17,20). The monoisotopic (exact) mass is 294 g/mol. The summed E-state index contributed by atoms with van der Waals surface area (Å²) < 4.78 is 5.57. The summed E-state index contributed by atoms with van der Waals surface area (Å²) >= 11 is 0. The van der Waals surface area contributed by atoms with Gasteiger partial charge in [-0.15, -0.1) is 0 Å². The number of primary amides is 1. The van der Waals surface area contributed by atoms with Crippen LogP contribution in [0.4, 0.5) is 0 Å². The Morgan fingerprint density at radius 1 is 1.48 bits per heavy atom. The molecule has 1 aromatic carbocycles. The maximum absolute atomic E-state index is 10.9. The molecule has 0 fully saturated rings. The molecule has 0 saturated heterocycles. The van der Waals surface area contributed by atoms with Crippen molar-refractivity contribution in [3.05, 3.63) is 29.8 Å². The average Bonchev–Trinajstić information content (AvgIpc) is 2.42. The molecule has 1 atom stereocenters. The molecule has 1 rings (SSSR count). The van der Waals surface area contributed by atoms with Gasteiger partial charge in [0.25, 0.3) is 0 Å². The van der Waals surface area contributed by atoms with Gasteiger partial charge in [0.1, 0.15) is 18.5 Å². The van der Waals surface area contributed by atoms with Gasteiger partial charge in [-0.2, -0.15) is 0 Å². The summed E-state index contributed by atoms with van der Waals surface area (Å²) in [6.45, 7) is 6.37. The van der Waals surface area contributed by atoms with E-state index in [4.69, 9.17) is 10.5 Å². The first-order valence-corrected chi connectivity index (χ1v) is 7.25. The van der Waals surface area contributed by atoms with E-state index in [0.717, 1.165) is 12.2 Å². The molecule has 118 valence electrons. The van der Waals surface area contributed by atoms with E-state index in [-0.39, 0.29) is 18.9 Å². The van der Waals surface area contributed by atoms with Crippen molar-refractivity contribution in [2.75, 3.05) is 13.2 Å². The van der Waals surface area contributed by atoms with Crippen molar-refractivity contribution in [1.29, 1.82) is 0 Å². The second kappa shape index (κ2) is 8.00. The molecular formula is C16H26N2O3. The number of β-amino-alcohol motifs (C(OH)–C–C–N with tert-alkyl or cyclic N) is 1. The zero-order chi connectivity index (χ0) is 15.9. The topological polar surface area (TPSA) is 84.6 Å². The summed E-state index contributed by atoms with van der Waals surface area (Å²) in [5.74, 6) is 0.388. The van der Waals surface area contributed by atoms with Crippen LogP contribution in [0.15, 0.2) is 24.3 Å². The SMILES string of the molecule is CCc1cccc(OCC(O)CNC(C)(C)CC(N)=O)c1. The van der Waals surface area contributed by atoms with Gasteiger partial charge in [-0.25, -0.2) is 0 Å². The summed E-state index contributed by atoms with van der Waals surface area (Å²) in [6, 6.07) is 7.82. The highest BCUT2D eigenvalue weighted by molar-refractivity contribution is 5.74. The van der Waals surface area contributed by atoms with Gasteiger partial charge in [0.15, 0.2) is 0 Å². The Balaban J connectivity index is 2.36. The lowest BCUT2D eigenvalue weighted by molar-refractivity contribution is -0.119. The minimum atomic E-state index is -0.651. The molecule has 0 aromatic heterocycles. The number of nitrogens with one attached hydrogen (secondary N) is 1. The lowest BCUT2D eigenvalue weighted by Gasteiger charge is -2.26. The van der Waals surface area contributed by atoms with E-state index in [2.05, 4.69) is 12.2 Å². The Morgan fingerprint density at radius 3 is 2.81 bits per heavy atom. The Labute approximate surface area is 126 Å². The molecule has 0 heterocycles. The Kier molecular flexibility index (Phi) is 6.65. The molecule has 0 bridgehead atoms. The number of benzene rings is 1. The Bertz CT molecular complexity index is 461. The molecule has 0 radical (unpaired) electrons. The van der Waals surface area contributed by atoms with Gasteiger partial charge in [-0.1, -0.05) is 19.1 Å². The fourth-order valence-corrected chi connectivity index (χ4v) is 2.00. The van der Waals surface area contributed by atoms with Crippen LogP contribution in [0.25, 0.3) is 0 Å². The number of aliphatic hydroxyl groups excluding tert-OH is 1. The minimum Gasteiger partial charge on any atom is -0.491 e. The van der Waals surface area contributed by atoms with Gasteiger partial charge in [-0.05, 0) is 38.0 Å². The third-order valence-corrected chi connectivity index (χ3v) is 3.18. The summed E-state index contributed by atoms with van der Waals surface area (Å²) in [6.07, 6.45) is 0.518. The predicted octanol–water partition coefficient (Wildman–Crippen LogP) is 1.23. The summed E-state index contributed by atoms with van der Waals surface area (Å²) in [7, 11) is 0. The van der Waals surface area contributed by atoms with Crippen LogP contribution >= 0.6 is 0 Å². The second-order valence-corrected chi connectivity index (χ2v) is 5.87. The number of aliphatic hydroxyl groups is 1. The maximum Gasteiger partial charge on any atom is 0.219 e. The zero-order valence-electron chi connectivity index (χ0n) is 13.1. The fourth-order valence-electron chi connectivity index (χ4n) is 2.00. The van der Waals surface area contributed by atoms with Crippen LogP contribution in [0.2, 0.25) is 0 Å². The van der Waals surface area contributed by atoms with Gasteiger partial charge < -0.3 is 20.9 Å². The minimum absolute atomic E-state index is 0.201. The van der Waals surface area contributed by atoms with Crippen LogP contribution in [0.5, 0.6) is 5.75 Å². The lowest BCUT2D eigenvalue weighted by atomic mass is 10.0. The van der Waals surface area contributed by atoms with Gasteiger partial charge in [0.05, 0.1) is 0 Å². The van der Waals surface area contributed by atoms with Crippen LogP contribution < -0.4 is 15.8 Å². The van der Waals surface area contributed by atoms with Gasteiger partial charge >= 0.3 is 0 Å². The number of ether oxygens (including phenoxy) is 1. The van der Waals surface area contributed by atoms with Crippen LogP contribution in [0, 0.1) is 0 Å². The fraction of sp³-hybridized carbons (Fsp3) is 0.562. The first kappa shape index (κ1) is 17.5. The van der Waals surface area contributed by atoms with Crippen molar-refractivity contribution in [2.45, 2.75) is 45.3 Å². The zero-order valence-corrected chi connectivity index (χ0v) is 13.1. The number of nitrogens with two attached hydrogens (primary N) is 1. The second-order valence-electron chi connectivity index (χ2n) is 5.87. The van der Waals surface area contributed by atoms with Gasteiger partial charge in [0.2, 0.25) is 5.91 Å². The van der Waals surface area contributed by atoms with Crippen molar-refractivity contribution in [3.63, 3.8) is 0 Å². The smallest absolute Gasteiger partial charge is 0.219 e. The van der Waals surface area contributed by atoms with E-state index in [1.54, 1.807) is 0 Å². The molecule has 0 aliphatic carbocycles. The number of carbonyl (C=O) groups is 1. The largest absolute Gasteiger partial charge is 0.491 e. The number of carbonyl (C=O) groups excluding carboxylic acids is 1. The van der Waals surface area contributed by atoms with Gasteiger partial charge in [0, 0.05) is 18.5 Å². The molecule has 21 heavy (non-hydrogen) atoms. The third kappa shape index (κ3) is 7.11. The van der Waals surface area contributed by atoms with E-state index in [9.17, 15) is 9.90 Å². The number of aryl methyl sites for hydroxylation is 1. The quantitative estimate of drug-likeness (QED) is 0.639. The summed E-state index contributed by atoms with van der Waals surface area (Å²) in [5.41, 5.74) is 5.94. The first-order chi connectivity index (χ1) is 9.82. The van der Waals surface area contributed by atoms with E-state index in [0.29, 0.717) is 6.54 Å². The molecule has 0 aliphatic rings. The summed E-state index contributed by atoms with van der Waals surface area (Å²) in [4.78, 5) is 10.9. The summed E-state index contributed by atoms with van der Waals surface area (Å²) in [5, 5.41) is 13.0. The average molecular weight is 294 g/mol. The molecule has 1 amide bonds. The van der Waals surface area contributed by atoms with Crippen LogP contribution in [0.1, 0.15) is 32.8 Å². The van der Waals surface area contributed by atoms with Crippen molar-refractivity contribution in [3.8, 4) is 5.75 Å². The first-order valence-electron chi connectivity index (χ1n) is 7.25. The number of amides is 1. The van der Waals surface area contributed by atoms with Crippen molar-refractivity contribution in [2.24, 2.45) is 5.73 Å². The van der Waals surface area contributed by atoms with Crippen LogP contribution in [-0.2, 0) is 11.2 Å². The van der Waals surface area contributed by atoms with E-state index in [1.807, 2.05) is 38.1 Å². The highest BCUT2D eigenvalue weighted by Crippen LogP contribution is 2.14. The van der Waals surface area contributed by atoms with E-state index in [1.165, 1.54) is 5.56 Å². The third-order valence-electron chi connectivity index (χ3n) is 3.18. The van der Waals surface area contributed by atoms with Crippen molar-refractivity contribution < 1.29 is 14.6 Å². The molecule has 1 unspecified atom stereocenters. The van der Waals surface area contributed by atoms with Gasteiger partial charge in [-0.3, -0.25) is 4.79 Å². The molecule has 0 aliphatic heterocycles. The van der Waals surface area contributed by atoms with Crippen molar-refractivity contribution in [1.82, 2.24) is 5.32 Å². The lowest BCUT2D eigenvalue weighted by Crippen LogP contribution is -2.46. The predicted molar refractivity (Wildman–Crippen MR) is 83.2 cm³/mol. The van der Waals surface area contributed by atoms with Crippen molar-refractivity contribution >= 4 is 5.91 Å². The number of hydrogen-bond acceptors (Lipinski definition) is 4. The molecule has 0 saturated carbocycles. The normalized spacial score (nSPS) is 13.0. The molecular weight excluding hydrogens is 268 g/mol. The molecule has 5 nitrogen and oxygen atoms in total. The molecule has 5 heteroatoms. The Morgan fingerprint density at radius 2 is 2.19 bits per heavy atom. The maximum atomic E-state index is 10.9. The highest BCUT2D eigenvalue weighted by atomic mass is 16.5. The van der Waals surface area contributed by atoms with Crippen LogP contribution in [0.3, 0.4) is 0 Å². The number of hydrogen-bond donors (Lipinski definition) is 3. The Hall–Kier alpha value is -1.59. The molecule has 1 aromatic rings. The number of rotatable bonds is 9. The van der Waals surface area contributed by atoms with E-state index >= 15 is 0 Å². The molecule has 0 spiro atoms. The molecule has 4 N–H and O–H groups in total.